The number of hydrogen-bond donors (Lipinski definition) is 0. The van der Waals surface area contributed by atoms with Gasteiger partial charge in [0.05, 0.1) is 0 Å². The summed E-state index contributed by atoms with van der Waals surface area (Å²) in [5, 5.41) is 0. The molecule has 0 bridgehead atoms. The number of ether oxygens (including phenoxy) is 2. The Morgan fingerprint density at radius 2 is 2.07 bits per heavy atom. The Labute approximate surface area is 101 Å². The summed E-state index contributed by atoms with van der Waals surface area (Å²) in [6, 6.07) is 0. The van der Waals surface area contributed by atoms with Gasteiger partial charge < -0.3 is 18.5 Å². The van der Waals surface area contributed by atoms with Crippen LogP contribution in [0.25, 0.3) is 0 Å². The summed E-state index contributed by atoms with van der Waals surface area (Å²) in [4.78, 5) is 0. The average molecular weight is 233 g/mol. The van der Waals surface area contributed by atoms with Crippen molar-refractivity contribution in [1.82, 2.24) is 0 Å². The summed E-state index contributed by atoms with van der Waals surface area (Å²) in [6.45, 7) is 5.79. The molecule has 0 N–H and O–H groups in total. The lowest BCUT2D eigenvalue weighted by Gasteiger charge is -2.14. The van der Waals surface area contributed by atoms with E-state index < -0.39 is 0 Å². The zero-order valence-electron chi connectivity index (χ0n) is 9.59. The smallest absolute Gasteiger partial charge is 0.359 e. The third kappa shape index (κ3) is 9.53. The van der Waals surface area contributed by atoms with Crippen molar-refractivity contribution in [2.24, 2.45) is 5.92 Å². The first-order chi connectivity index (χ1) is 6.70. The van der Waals surface area contributed by atoms with E-state index in [9.17, 15) is 0 Å². The Morgan fingerprint density at radius 1 is 1.36 bits per heavy atom. The lowest BCUT2D eigenvalue weighted by Crippen LogP contribution is -2.04. The normalized spacial score (nSPS) is 14.9. The van der Waals surface area contributed by atoms with Gasteiger partial charge in [0, 0.05) is 13.7 Å². The minimum Gasteiger partial charge on any atom is -0.359 e. The van der Waals surface area contributed by atoms with Gasteiger partial charge in [0.2, 0.25) is 0 Å². The second-order valence-electron chi connectivity index (χ2n) is 4.06. The van der Waals surface area contributed by atoms with Gasteiger partial charge in [-0.05, 0) is 18.8 Å². The van der Waals surface area contributed by atoms with E-state index in [0.29, 0.717) is 6.79 Å². The molecule has 2 nitrogen and oxygen atoms in total. The number of halogens is 1. The molecular formula is C10H21ClMgO2. The van der Waals surface area contributed by atoms with Gasteiger partial charge in [0.25, 0.3) is 0 Å². The molecular weight excluding hydrogens is 212 g/mol. The van der Waals surface area contributed by atoms with Crippen molar-refractivity contribution < 1.29 is 9.47 Å². The summed E-state index contributed by atoms with van der Waals surface area (Å²) in [5.74, 6) is 0.780. The molecule has 0 aliphatic rings. The molecule has 4 heteroatoms. The molecule has 0 aromatic rings. The van der Waals surface area contributed by atoms with E-state index in [1.165, 1.54) is 12.8 Å². The maximum absolute atomic E-state index is 5.90. The zero-order chi connectivity index (χ0) is 10.8. The third-order valence-electron chi connectivity index (χ3n) is 2.25. The predicted octanol–water partition coefficient (Wildman–Crippen LogP) is 3.08. The van der Waals surface area contributed by atoms with Crippen molar-refractivity contribution >= 4 is 28.3 Å². The monoisotopic (exact) mass is 232 g/mol. The number of hydrogen-bond acceptors (Lipinski definition) is 2. The van der Waals surface area contributed by atoms with Crippen LogP contribution in [0.3, 0.4) is 0 Å². The molecule has 0 spiro atoms. The fourth-order valence-electron chi connectivity index (χ4n) is 1.54. The van der Waals surface area contributed by atoms with Gasteiger partial charge >= 0.3 is 19.3 Å². The van der Waals surface area contributed by atoms with Crippen LogP contribution in [0.15, 0.2) is 0 Å². The molecule has 0 aliphatic heterocycles. The van der Waals surface area contributed by atoms with Gasteiger partial charge in [-0.1, -0.05) is 20.3 Å². The first-order valence-electron chi connectivity index (χ1n) is 5.33. The highest BCUT2D eigenvalue weighted by atomic mass is 35.5. The summed E-state index contributed by atoms with van der Waals surface area (Å²) >= 11 is -0.320. The highest BCUT2D eigenvalue weighted by molar-refractivity contribution is 6.94. The molecule has 0 fully saturated rings. The molecule has 0 aromatic carbocycles. The maximum atomic E-state index is 5.90. The van der Waals surface area contributed by atoms with Crippen molar-refractivity contribution in [2.45, 2.75) is 37.2 Å². The van der Waals surface area contributed by atoms with Gasteiger partial charge in [-0.3, -0.25) is 0 Å². The molecule has 0 heterocycles. The second-order valence-corrected chi connectivity index (χ2v) is 6.69. The van der Waals surface area contributed by atoms with Crippen LogP contribution in [0, 0.1) is 5.92 Å². The molecule has 0 saturated heterocycles. The first kappa shape index (κ1) is 15.0. The van der Waals surface area contributed by atoms with E-state index in [0.717, 1.165) is 23.0 Å². The fraction of sp³-hybridized carbons (Fsp3) is 1.00. The lowest BCUT2D eigenvalue weighted by molar-refractivity contribution is -0.0322. The van der Waals surface area contributed by atoms with Crippen LogP contribution in [0.1, 0.15) is 33.1 Å². The Bertz CT molecular complexity index is 125. The SMILES string of the molecule is COCOCCCC(C)C[CH](C)[Mg][Cl]. The minimum atomic E-state index is -0.320. The molecule has 2 unspecified atom stereocenters. The molecule has 2 atom stereocenters. The van der Waals surface area contributed by atoms with Crippen LogP contribution < -0.4 is 0 Å². The highest BCUT2D eigenvalue weighted by Gasteiger charge is 2.09. The van der Waals surface area contributed by atoms with Crippen molar-refractivity contribution in [3.63, 3.8) is 0 Å². The molecule has 0 aliphatic carbocycles. The average Bonchev–Trinajstić information content (AvgIpc) is 2.17. The van der Waals surface area contributed by atoms with Crippen LogP contribution in [0.5, 0.6) is 0 Å². The van der Waals surface area contributed by atoms with Crippen molar-refractivity contribution in [2.75, 3.05) is 20.5 Å². The predicted molar refractivity (Wildman–Crippen MR) is 61.9 cm³/mol. The largest absolute Gasteiger partial charge is 0.504 e. The van der Waals surface area contributed by atoms with E-state index in [2.05, 4.69) is 13.8 Å². The molecule has 0 aromatic heterocycles. The van der Waals surface area contributed by atoms with Crippen LogP contribution in [-0.4, -0.2) is 39.8 Å². The third-order valence-corrected chi connectivity index (χ3v) is 4.70. The molecule has 14 heavy (non-hydrogen) atoms. The van der Waals surface area contributed by atoms with Gasteiger partial charge in [0.1, 0.15) is 6.79 Å². The molecule has 0 amide bonds. The van der Waals surface area contributed by atoms with E-state index in [-0.39, 0.29) is 19.3 Å². The van der Waals surface area contributed by atoms with Gasteiger partial charge in [-0.2, -0.15) is 0 Å². The van der Waals surface area contributed by atoms with Crippen LogP contribution in [-0.2, 0) is 9.47 Å². The minimum absolute atomic E-state index is 0.320. The quantitative estimate of drug-likeness (QED) is 0.346. The van der Waals surface area contributed by atoms with E-state index in [4.69, 9.17) is 18.5 Å². The van der Waals surface area contributed by atoms with Gasteiger partial charge in [-0.25, -0.2) is 0 Å². The summed E-state index contributed by atoms with van der Waals surface area (Å²) in [6.07, 6.45) is 3.64. The van der Waals surface area contributed by atoms with Gasteiger partial charge in [0.15, 0.2) is 0 Å². The van der Waals surface area contributed by atoms with Gasteiger partial charge in [-0.15, -0.1) is 4.05 Å². The van der Waals surface area contributed by atoms with Crippen molar-refractivity contribution in [1.29, 1.82) is 0 Å². The first-order valence-corrected chi connectivity index (χ1v) is 8.28. The molecule has 82 valence electrons. The van der Waals surface area contributed by atoms with Crippen LogP contribution in [0.2, 0.25) is 4.05 Å². The summed E-state index contributed by atoms with van der Waals surface area (Å²) in [7, 11) is 7.54. The van der Waals surface area contributed by atoms with E-state index in [1.807, 2.05) is 0 Å². The topological polar surface area (TPSA) is 18.5 Å². The van der Waals surface area contributed by atoms with E-state index in [1.54, 1.807) is 7.11 Å². The Hall–Kier alpha value is 0.976. The van der Waals surface area contributed by atoms with E-state index >= 15 is 0 Å². The Balaban J connectivity index is 3.22. The molecule has 0 rings (SSSR count). The maximum Gasteiger partial charge on any atom is 0.504 e. The number of rotatable bonds is 9. The number of methoxy groups -OCH3 is 1. The highest BCUT2D eigenvalue weighted by Crippen LogP contribution is 2.20. The van der Waals surface area contributed by atoms with Crippen LogP contribution in [0.4, 0.5) is 0 Å². The lowest BCUT2D eigenvalue weighted by atomic mass is 10.0. The van der Waals surface area contributed by atoms with Crippen LogP contribution >= 0.6 is 9.07 Å². The Morgan fingerprint density at radius 3 is 2.64 bits per heavy atom. The Kier molecular flexibility index (Phi) is 11.2. The second kappa shape index (κ2) is 10.5. The fourth-order valence-corrected chi connectivity index (χ4v) is 2.62. The van der Waals surface area contributed by atoms with Crippen molar-refractivity contribution in [3.05, 3.63) is 0 Å². The molecule has 0 saturated carbocycles. The summed E-state index contributed by atoms with van der Waals surface area (Å²) in [5.41, 5.74) is 0. The zero-order valence-corrected chi connectivity index (χ0v) is 11.8. The standard InChI is InChI=1S/C10H21O2.ClH.Mg/c1-4-6-10(2)7-5-8-12-9-11-3;;/h4,10H,5-9H2,1-3H3;1H;/q;;+1/p-1. The summed E-state index contributed by atoms with van der Waals surface area (Å²) < 4.78 is 10.8. The molecule has 0 radical (unpaired) electrons. The van der Waals surface area contributed by atoms with Crippen molar-refractivity contribution in [3.8, 4) is 0 Å².